The molecule has 0 radical (unpaired) electrons. The van der Waals surface area contributed by atoms with Crippen molar-refractivity contribution in [2.75, 3.05) is 12.0 Å². The summed E-state index contributed by atoms with van der Waals surface area (Å²) in [5, 5.41) is 11.8. The zero-order valence-electron chi connectivity index (χ0n) is 18.4. The number of methoxy groups -OCH3 is 1. The topological polar surface area (TPSA) is 62.1 Å². The Morgan fingerprint density at radius 1 is 0.971 bits per heavy atom. The maximum atomic E-state index is 13.5. The lowest BCUT2D eigenvalue weighted by molar-refractivity contribution is -0.113. The van der Waals surface area contributed by atoms with Gasteiger partial charge in [-0.15, -0.1) is 0 Å². The predicted molar refractivity (Wildman–Crippen MR) is 142 cm³/mol. The highest BCUT2D eigenvalue weighted by Gasteiger charge is 2.35. The van der Waals surface area contributed by atoms with E-state index in [1.165, 1.54) is 29.8 Å². The Morgan fingerprint density at radius 3 is 2.29 bits per heavy atom. The second kappa shape index (κ2) is 9.92. The van der Waals surface area contributed by atoms with Crippen LogP contribution in [0.1, 0.15) is 16.7 Å². The number of rotatable bonds is 4. The van der Waals surface area contributed by atoms with Gasteiger partial charge in [0.25, 0.3) is 5.91 Å². The first kappa shape index (κ1) is 24.5. The fourth-order valence-electron chi connectivity index (χ4n) is 3.23. The van der Waals surface area contributed by atoms with E-state index in [0.717, 1.165) is 11.1 Å². The number of thioether (sulfide) groups is 1. The number of amides is 1. The zero-order valence-corrected chi connectivity index (χ0v) is 21.5. The third-order valence-electron chi connectivity index (χ3n) is 5.18. The first-order chi connectivity index (χ1) is 16.2. The molecule has 1 amide bonds. The standard InChI is InChI=1S/C25H19Cl3N2O3S/c1-13-4-6-16(10-18(13)26)29-25-30(17-7-5-14(2)19(27)11-17)24(32)23(34-25)9-15-8-22(33-3)21(31)12-20(15)28/h4-12,31H,1-3H3/b23-9+,29-25?. The summed E-state index contributed by atoms with van der Waals surface area (Å²) in [6, 6.07) is 13.8. The van der Waals surface area contributed by atoms with Gasteiger partial charge >= 0.3 is 0 Å². The summed E-state index contributed by atoms with van der Waals surface area (Å²) in [6.45, 7) is 3.80. The number of phenolic OH excluding ortho intramolecular Hbond substituents is 1. The Labute approximate surface area is 216 Å². The van der Waals surface area contributed by atoms with Crippen molar-refractivity contribution in [3.63, 3.8) is 0 Å². The van der Waals surface area contributed by atoms with Gasteiger partial charge in [0.1, 0.15) is 0 Å². The van der Waals surface area contributed by atoms with Crippen LogP contribution in [0.15, 0.2) is 58.4 Å². The highest BCUT2D eigenvalue weighted by molar-refractivity contribution is 8.19. The zero-order chi connectivity index (χ0) is 24.6. The number of anilines is 1. The van der Waals surface area contributed by atoms with Gasteiger partial charge in [-0.25, -0.2) is 4.99 Å². The van der Waals surface area contributed by atoms with Crippen LogP contribution in [0.25, 0.3) is 6.08 Å². The average molecular weight is 534 g/mol. The van der Waals surface area contributed by atoms with E-state index in [9.17, 15) is 9.90 Å². The summed E-state index contributed by atoms with van der Waals surface area (Å²) in [4.78, 5) is 20.1. The van der Waals surface area contributed by atoms with Crippen LogP contribution in [-0.4, -0.2) is 23.3 Å². The van der Waals surface area contributed by atoms with Crippen LogP contribution >= 0.6 is 46.6 Å². The Bertz CT molecular complexity index is 1370. The van der Waals surface area contributed by atoms with Gasteiger partial charge in [-0.2, -0.15) is 0 Å². The molecule has 0 spiro atoms. The summed E-state index contributed by atoms with van der Waals surface area (Å²) in [5.41, 5.74) is 3.54. The van der Waals surface area contributed by atoms with Crippen LogP contribution in [0, 0.1) is 13.8 Å². The predicted octanol–water partition coefficient (Wildman–Crippen LogP) is 7.79. The van der Waals surface area contributed by atoms with Crippen molar-refractivity contribution in [2.24, 2.45) is 4.99 Å². The number of carbonyl (C=O) groups is 1. The van der Waals surface area contributed by atoms with Crippen molar-refractivity contribution in [1.29, 1.82) is 0 Å². The molecule has 5 nitrogen and oxygen atoms in total. The number of benzene rings is 3. The lowest BCUT2D eigenvalue weighted by atomic mass is 10.1. The Hall–Kier alpha value is -2.64. The summed E-state index contributed by atoms with van der Waals surface area (Å²) in [6.07, 6.45) is 1.64. The number of hydrogen-bond acceptors (Lipinski definition) is 5. The van der Waals surface area contributed by atoms with Gasteiger partial charge in [0, 0.05) is 16.1 Å². The molecule has 34 heavy (non-hydrogen) atoms. The van der Waals surface area contributed by atoms with Crippen LogP contribution in [0.3, 0.4) is 0 Å². The molecule has 1 aliphatic rings. The minimum Gasteiger partial charge on any atom is -0.504 e. The minimum atomic E-state index is -0.287. The number of aromatic hydroxyl groups is 1. The molecule has 1 fully saturated rings. The van der Waals surface area contributed by atoms with Crippen molar-refractivity contribution in [2.45, 2.75) is 13.8 Å². The van der Waals surface area contributed by atoms with Gasteiger partial charge < -0.3 is 9.84 Å². The van der Waals surface area contributed by atoms with E-state index in [2.05, 4.69) is 0 Å². The van der Waals surface area contributed by atoms with Gasteiger partial charge in [0.2, 0.25) is 0 Å². The van der Waals surface area contributed by atoms with E-state index in [0.29, 0.717) is 37.1 Å². The number of aliphatic imine (C=N–C) groups is 1. The Morgan fingerprint density at radius 2 is 1.65 bits per heavy atom. The largest absolute Gasteiger partial charge is 0.504 e. The molecular weight excluding hydrogens is 515 g/mol. The quantitative estimate of drug-likeness (QED) is 0.348. The molecular formula is C25H19Cl3N2O3S. The third-order valence-corrected chi connectivity index (χ3v) is 7.30. The Kier molecular flexibility index (Phi) is 7.14. The van der Waals surface area contributed by atoms with Crippen molar-refractivity contribution in [3.8, 4) is 11.5 Å². The molecule has 174 valence electrons. The monoisotopic (exact) mass is 532 g/mol. The molecule has 1 saturated heterocycles. The maximum Gasteiger partial charge on any atom is 0.271 e. The van der Waals surface area contributed by atoms with E-state index in [1.54, 1.807) is 24.3 Å². The summed E-state index contributed by atoms with van der Waals surface area (Å²) >= 11 is 20.1. The van der Waals surface area contributed by atoms with Crippen molar-refractivity contribution < 1.29 is 14.6 Å². The molecule has 0 saturated carbocycles. The Balaban J connectivity index is 1.83. The van der Waals surface area contributed by atoms with Crippen LogP contribution in [-0.2, 0) is 4.79 Å². The minimum absolute atomic E-state index is 0.0884. The molecule has 0 aromatic heterocycles. The van der Waals surface area contributed by atoms with Crippen LogP contribution in [0.2, 0.25) is 15.1 Å². The van der Waals surface area contributed by atoms with Gasteiger partial charge in [0.05, 0.1) is 28.4 Å². The molecule has 9 heteroatoms. The molecule has 1 N–H and O–H groups in total. The molecule has 3 aromatic carbocycles. The number of aryl methyl sites for hydroxylation is 2. The molecule has 0 atom stereocenters. The van der Waals surface area contributed by atoms with Gasteiger partial charge in [-0.1, -0.05) is 46.9 Å². The van der Waals surface area contributed by atoms with Crippen LogP contribution in [0.4, 0.5) is 11.4 Å². The molecule has 0 aliphatic carbocycles. The SMILES string of the molecule is COc1cc(/C=C2/SC(=Nc3ccc(C)c(Cl)c3)N(c3ccc(C)c(Cl)c3)C2=O)c(Cl)cc1O. The van der Waals surface area contributed by atoms with Crippen LogP contribution < -0.4 is 9.64 Å². The van der Waals surface area contributed by atoms with Crippen molar-refractivity contribution in [1.82, 2.24) is 0 Å². The number of nitrogens with zero attached hydrogens (tertiary/aromatic N) is 2. The van der Waals surface area contributed by atoms with Crippen molar-refractivity contribution in [3.05, 3.63) is 85.2 Å². The molecule has 1 heterocycles. The first-order valence-corrected chi connectivity index (χ1v) is 12.0. The number of amidine groups is 1. The highest BCUT2D eigenvalue weighted by atomic mass is 35.5. The molecule has 1 aliphatic heterocycles. The molecule has 4 rings (SSSR count). The molecule has 3 aromatic rings. The van der Waals surface area contributed by atoms with Crippen LogP contribution in [0.5, 0.6) is 11.5 Å². The van der Waals surface area contributed by atoms with Gasteiger partial charge in [0.15, 0.2) is 16.7 Å². The van der Waals surface area contributed by atoms with Crippen molar-refractivity contribution >= 4 is 75.1 Å². The van der Waals surface area contributed by atoms with E-state index in [4.69, 9.17) is 44.5 Å². The van der Waals surface area contributed by atoms with E-state index >= 15 is 0 Å². The number of halogens is 3. The van der Waals surface area contributed by atoms with E-state index in [-0.39, 0.29) is 22.4 Å². The number of hydrogen-bond donors (Lipinski definition) is 1. The number of carbonyl (C=O) groups excluding carboxylic acids is 1. The van der Waals surface area contributed by atoms with E-state index < -0.39 is 0 Å². The lowest BCUT2D eigenvalue weighted by Crippen LogP contribution is -2.28. The lowest BCUT2D eigenvalue weighted by Gasteiger charge is -2.16. The summed E-state index contributed by atoms with van der Waals surface area (Å²) in [5.74, 6) is -0.128. The number of phenols is 1. The fourth-order valence-corrected chi connectivity index (χ4v) is 4.79. The first-order valence-electron chi connectivity index (χ1n) is 10.1. The molecule has 0 unspecified atom stereocenters. The normalized spacial score (nSPS) is 16.1. The third kappa shape index (κ3) is 4.91. The average Bonchev–Trinajstić information content (AvgIpc) is 3.09. The maximum absolute atomic E-state index is 13.5. The summed E-state index contributed by atoms with van der Waals surface area (Å²) < 4.78 is 5.18. The van der Waals surface area contributed by atoms with Gasteiger partial charge in [-0.05, 0) is 78.7 Å². The van der Waals surface area contributed by atoms with E-state index in [1.807, 2.05) is 38.1 Å². The molecule has 0 bridgehead atoms. The summed E-state index contributed by atoms with van der Waals surface area (Å²) in [7, 11) is 1.44. The second-order valence-corrected chi connectivity index (χ2v) is 9.79. The number of ether oxygens (including phenoxy) is 1. The highest BCUT2D eigenvalue weighted by Crippen LogP contribution is 2.40. The smallest absolute Gasteiger partial charge is 0.271 e. The fraction of sp³-hybridized carbons (Fsp3) is 0.120. The second-order valence-electron chi connectivity index (χ2n) is 7.56. The van der Waals surface area contributed by atoms with Gasteiger partial charge in [-0.3, -0.25) is 9.69 Å².